The van der Waals surface area contributed by atoms with Gasteiger partial charge in [-0.15, -0.1) is 0 Å². The Labute approximate surface area is 257 Å². The van der Waals surface area contributed by atoms with E-state index in [0.717, 1.165) is 18.2 Å². The minimum atomic E-state index is -4.55. The second kappa shape index (κ2) is 15.2. The first-order chi connectivity index (χ1) is 21.4. The van der Waals surface area contributed by atoms with Crippen LogP contribution in [0.4, 0.5) is 32.4 Å². The van der Waals surface area contributed by atoms with Crippen LogP contribution in [-0.4, -0.2) is 69.3 Å². The molecule has 2 N–H and O–H groups in total. The van der Waals surface area contributed by atoms with Crippen molar-refractivity contribution >= 4 is 17.7 Å². The zero-order valence-electron chi connectivity index (χ0n) is 24.7. The van der Waals surface area contributed by atoms with Gasteiger partial charge in [0.1, 0.15) is 23.9 Å². The molecule has 1 fully saturated rings. The molecule has 0 spiro atoms. The first-order valence-corrected chi connectivity index (χ1v) is 14.2. The third-order valence-electron chi connectivity index (χ3n) is 7.32. The molecule has 13 heteroatoms. The van der Waals surface area contributed by atoms with E-state index in [2.05, 4.69) is 10.6 Å². The summed E-state index contributed by atoms with van der Waals surface area (Å²) in [4.78, 5) is 25.6. The zero-order chi connectivity index (χ0) is 32.6. The molecular formula is C32H34F5N3O5. The molecular weight excluding hydrogens is 601 g/mol. The maximum Gasteiger partial charge on any atom is 0.411 e. The van der Waals surface area contributed by atoms with Crippen LogP contribution in [0.2, 0.25) is 0 Å². The van der Waals surface area contributed by atoms with Crippen LogP contribution in [0.5, 0.6) is 5.75 Å². The average molecular weight is 636 g/mol. The normalized spacial score (nSPS) is 17.3. The highest BCUT2D eigenvalue weighted by Gasteiger charge is 2.33. The molecule has 3 aromatic carbocycles. The van der Waals surface area contributed by atoms with E-state index in [1.165, 1.54) is 24.3 Å². The highest BCUT2D eigenvalue weighted by atomic mass is 19.4. The Kier molecular flexibility index (Phi) is 11.3. The van der Waals surface area contributed by atoms with Crippen LogP contribution >= 0.6 is 0 Å². The maximum absolute atomic E-state index is 15.0. The molecule has 0 aliphatic carbocycles. The number of nitrogens with one attached hydrogen (secondary N) is 2. The van der Waals surface area contributed by atoms with Crippen molar-refractivity contribution in [3.8, 4) is 5.75 Å². The number of halogens is 5. The summed E-state index contributed by atoms with van der Waals surface area (Å²) in [6.45, 7) is -1.34. The fourth-order valence-corrected chi connectivity index (χ4v) is 4.99. The molecule has 1 aliphatic rings. The van der Waals surface area contributed by atoms with Gasteiger partial charge in [0.05, 0.1) is 19.8 Å². The van der Waals surface area contributed by atoms with Crippen LogP contribution in [-0.2, 0) is 20.7 Å². The van der Waals surface area contributed by atoms with Gasteiger partial charge in [-0.05, 0) is 60.4 Å². The molecule has 0 bridgehead atoms. The lowest BCUT2D eigenvalue weighted by molar-refractivity contribution is -0.143. The molecule has 1 heterocycles. The number of rotatable bonds is 11. The van der Waals surface area contributed by atoms with Gasteiger partial charge in [-0.2, -0.15) is 13.2 Å². The van der Waals surface area contributed by atoms with Crippen LogP contribution in [0.15, 0.2) is 66.7 Å². The predicted molar refractivity (Wildman–Crippen MR) is 156 cm³/mol. The number of alkyl halides is 3. The Morgan fingerprint density at radius 2 is 1.71 bits per heavy atom. The Morgan fingerprint density at radius 1 is 1.04 bits per heavy atom. The van der Waals surface area contributed by atoms with E-state index >= 15 is 0 Å². The van der Waals surface area contributed by atoms with Crippen molar-refractivity contribution in [3.63, 3.8) is 0 Å². The molecule has 8 nitrogen and oxygen atoms in total. The maximum atomic E-state index is 15.0. The van der Waals surface area contributed by atoms with Gasteiger partial charge in [0.25, 0.3) is 0 Å². The SMILES string of the molecule is COc1ccc([C@H](CC(=O)Nc2cccc(F)c2CC[C@@H]2CN[C@@H](OC(=O)N(C)CC(F)(F)F)CO2)c2ccc(F)cc2)cc1. The number of anilines is 1. The summed E-state index contributed by atoms with van der Waals surface area (Å²) >= 11 is 0. The van der Waals surface area contributed by atoms with Gasteiger partial charge in [-0.25, -0.2) is 13.6 Å². The molecule has 0 radical (unpaired) electrons. The topological polar surface area (TPSA) is 89.1 Å². The smallest absolute Gasteiger partial charge is 0.411 e. The summed E-state index contributed by atoms with van der Waals surface area (Å²) in [6, 6.07) is 17.5. The third kappa shape index (κ3) is 9.88. The lowest BCUT2D eigenvalue weighted by Crippen LogP contribution is -2.50. The number of hydrogen-bond acceptors (Lipinski definition) is 6. The monoisotopic (exact) mass is 635 g/mol. The number of amides is 2. The molecule has 45 heavy (non-hydrogen) atoms. The van der Waals surface area contributed by atoms with E-state index in [-0.39, 0.29) is 37.5 Å². The van der Waals surface area contributed by atoms with Crippen molar-refractivity contribution in [2.45, 2.75) is 43.7 Å². The van der Waals surface area contributed by atoms with Gasteiger partial charge in [0.2, 0.25) is 5.91 Å². The summed E-state index contributed by atoms with van der Waals surface area (Å²) in [7, 11) is 2.53. The predicted octanol–water partition coefficient (Wildman–Crippen LogP) is 6.01. The number of carbonyl (C=O) groups is 2. The summed E-state index contributed by atoms with van der Waals surface area (Å²) < 4.78 is 82.1. The summed E-state index contributed by atoms with van der Waals surface area (Å²) in [5, 5.41) is 5.73. The van der Waals surface area contributed by atoms with Gasteiger partial charge in [0, 0.05) is 37.2 Å². The first-order valence-electron chi connectivity index (χ1n) is 14.2. The number of benzene rings is 3. The number of morpholine rings is 1. The van der Waals surface area contributed by atoms with E-state index in [0.29, 0.717) is 22.8 Å². The number of methoxy groups -OCH3 is 1. The molecule has 0 saturated carbocycles. The lowest BCUT2D eigenvalue weighted by atomic mass is 9.88. The van der Waals surface area contributed by atoms with E-state index < -0.39 is 48.7 Å². The van der Waals surface area contributed by atoms with Gasteiger partial charge in [0.15, 0.2) is 6.23 Å². The standard InChI is InChI=1S/C32H34F5N3O5/c1-40(19-32(35,36)37)31(42)45-30-18-44-24(17-38-30)14-15-25-27(34)4-3-5-28(25)39-29(41)16-26(20-6-10-22(33)11-7-20)21-8-12-23(43-2)13-9-21/h3-13,24,26,30,38H,14-19H2,1-2H3,(H,39,41)/t24-,26-,30+/m1/s1. The van der Waals surface area contributed by atoms with E-state index in [9.17, 15) is 31.5 Å². The van der Waals surface area contributed by atoms with Crippen LogP contribution in [0.1, 0.15) is 35.4 Å². The Balaban J connectivity index is 1.36. The van der Waals surface area contributed by atoms with Crippen molar-refractivity contribution < 1.29 is 45.8 Å². The number of carbonyl (C=O) groups excluding carboxylic acids is 2. The van der Waals surface area contributed by atoms with Gasteiger partial charge in [-0.1, -0.05) is 30.3 Å². The fourth-order valence-electron chi connectivity index (χ4n) is 4.99. The van der Waals surface area contributed by atoms with Crippen molar-refractivity contribution in [2.24, 2.45) is 0 Å². The zero-order valence-corrected chi connectivity index (χ0v) is 24.7. The number of hydrogen-bond donors (Lipinski definition) is 2. The minimum Gasteiger partial charge on any atom is -0.497 e. The highest BCUT2D eigenvalue weighted by molar-refractivity contribution is 5.92. The van der Waals surface area contributed by atoms with Gasteiger partial charge in [-0.3, -0.25) is 10.1 Å². The quantitative estimate of drug-likeness (QED) is 0.251. The largest absolute Gasteiger partial charge is 0.497 e. The van der Waals surface area contributed by atoms with Gasteiger partial charge >= 0.3 is 12.3 Å². The molecule has 2 amide bonds. The molecule has 242 valence electrons. The van der Waals surface area contributed by atoms with E-state index in [4.69, 9.17) is 14.2 Å². The van der Waals surface area contributed by atoms with Crippen LogP contribution in [0, 0.1) is 11.6 Å². The molecule has 3 atom stereocenters. The molecule has 4 rings (SSSR count). The molecule has 1 saturated heterocycles. The number of ether oxygens (including phenoxy) is 3. The van der Waals surface area contributed by atoms with E-state index in [1.807, 2.05) is 12.1 Å². The lowest BCUT2D eigenvalue weighted by Gasteiger charge is -2.31. The first kappa shape index (κ1) is 33.7. The Hall–Kier alpha value is -4.23. The summed E-state index contributed by atoms with van der Waals surface area (Å²) in [5.74, 6) is -1.05. The van der Waals surface area contributed by atoms with E-state index in [1.54, 1.807) is 37.4 Å². The third-order valence-corrected chi connectivity index (χ3v) is 7.32. The van der Waals surface area contributed by atoms with Crippen LogP contribution in [0.25, 0.3) is 0 Å². The Bertz CT molecular complexity index is 1430. The summed E-state index contributed by atoms with van der Waals surface area (Å²) in [5.41, 5.74) is 2.12. The van der Waals surface area contributed by atoms with Crippen LogP contribution < -0.4 is 15.4 Å². The van der Waals surface area contributed by atoms with Crippen molar-refractivity contribution in [2.75, 3.05) is 39.2 Å². The average Bonchev–Trinajstić information content (AvgIpc) is 3.00. The minimum absolute atomic E-state index is 0.00182. The van der Waals surface area contributed by atoms with Crippen molar-refractivity contribution in [1.29, 1.82) is 0 Å². The number of nitrogens with zero attached hydrogens (tertiary/aromatic N) is 1. The van der Waals surface area contributed by atoms with Gasteiger partial charge < -0.3 is 24.4 Å². The Morgan fingerprint density at radius 3 is 2.31 bits per heavy atom. The fraction of sp³-hybridized carbons (Fsp3) is 0.375. The molecule has 3 aromatic rings. The molecule has 0 unspecified atom stereocenters. The van der Waals surface area contributed by atoms with Crippen molar-refractivity contribution in [3.05, 3.63) is 95.1 Å². The highest BCUT2D eigenvalue weighted by Crippen LogP contribution is 2.31. The summed E-state index contributed by atoms with van der Waals surface area (Å²) in [6.07, 6.45) is -6.50. The molecule has 1 aliphatic heterocycles. The van der Waals surface area contributed by atoms with Crippen molar-refractivity contribution in [1.82, 2.24) is 10.2 Å². The second-order valence-corrected chi connectivity index (χ2v) is 10.6. The second-order valence-electron chi connectivity index (χ2n) is 10.6. The van der Waals surface area contributed by atoms with Crippen LogP contribution in [0.3, 0.4) is 0 Å². The molecule has 0 aromatic heterocycles.